The number of amides is 1. The van der Waals surface area contributed by atoms with Gasteiger partial charge in [0, 0.05) is 13.1 Å². The number of hydrogen-bond acceptors (Lipinski definition) is 1. The molecule has 0 N–H and O–H groups in total. The summed E-state index contributed by atoms with van der Waals surface area (Å²) >= 11 is 0. The van der Waals surface area contributed by atoms with Crippen molar-refractivity contribution in [2.45, 2.75) is 53.4 Å². The molecule has 0 saturated carbocycles. The van der Waals surface area contributed by atoms with Gasteiger partial charge >= 0.3 is 6.41 Å². The minimum absolute atomic E-state index is 0.640. The van der Waals surface area contributed by atoms with Gasteiger partial charge in [-0.1, -0.05) is 53.4 Å². The van der Waals surface area contributed by atoms with Crippen LogP contribution in [0, 0.1) is 11.8 Å². The molecular weight excluding hydrogens is 186 g/mol. The minimum atomic E-state index is 0.640. The largest absolute Gasteiger partial charge is 0.334 e. The topological polar surface area (TPSA) is 20.3 Å². The number of carbonyl (C=O) groups excluding carboxylic acids is 1. The zero-order valence-electron chi connectivity index (χ0n) is 10.8. The van der Waals surface area contributed by atoms with Crippen LogP contribution >= 0.6 is 0 Å². The van der Waals surface area contributed by atoms with Gasteiger partial charge in [-0.15, -0.1) is 0 Å². The fraction of sp³-hybridized carbons (Fsp3) is 0.923. The van der Waals surface area contributed by atoms with Crippen LogP contribution in [0.25, 0.3) is 0 Å². The Balaban J connectivity index is 4.05. The lowest BCUT2D eigenvalue weighted by Gasteiger charge is -2.25. The van der Waals surface area contributed by atoms with Crippen molar-refractivity contribution >= 4 is 6.41 Å². The number of rotatable bonds is 9. The van der Waals surface area contributed by atoms with Crippen LogP contribution in [0.4, 0.5) is 0 Å². The van der Waals surface area contributed by atoms with Gasteiger partial charge in [0.1, 0.15) is 0 Å². The zero-order valence-corrected chi connectivity index (χ0v) is 10.8. The van der Waals surface area contributed by atoms with Crippen LogP contribution in [0.5, 0.6) is 0 Å². The van der Waals surface area contributed by atoms with E-state index in [4.69, 9.17) is 0 Å². The Morgan fingerprint density at radius 2 is 1.20 bits per heavy atom. The van der Waals surface area contributed by atoms with E-state index in [-0.39, 0.29) is 0 Å². The molecule has 89 valence electrons. The molecule has 15 heavy (non-hydrogen) atoms. The van der Waals surface area contributed by atoms with E-state index >= 15 is 0 Å². The molecule has 0 atom stereocenters. The number of hydrogen-bond donors (Lipinski definition) is 0. The van der Waals surface area contributed by atoms with Crippen molar-refractivity contribution in [2.75, 3.05) is 13.1 Å². The van der Waals surface area contributed by atoms with Gasteiger partial charge in [0.05, 0.1) is 0 Å². The van der Waals surface area contributed by atoms with Crippen LogP contribution in [-0.4, -0.2) is 24.4 Å². The Bertz CT molecular complexity index is 137. The molecule has 0 heterocycles. The van der Waals surface area contributed by atoms with E-state index in [0.717, 1.165) is 38.8 Å². The molecule has 0 spiro atoms. The summed E-state index contributed by atoms with van der Waals surface area (Å²) in [5.41, 5.74) is 0. The fourth-order valence-corrected chi connectivity index (χ4v) is 1.87. The molecule has 0 saturated heterocycles. The molecule has 0 rings (SSSR count). The molecule has 0 aliphatic rings. The van der Waals surface area contributed by atoms with Crippen molar-refractivity contribution in [2.24, 2.45) is 11.8 Å². The third kappa shape index (κ3) is 5.81. The third-order valence-electron chi connectivity index (χ3n) is 3.40. The Labute approximate surface area is 95.0 Å². The van der Waals surface area contributed by atoms with Crippen molar-refractivity contribution in [1.82, 2.24) is 4.90 Å². The first kappa shape index (κ1) is 14.5. The smallest absolute Gasteiger partial charge is 0.312 e. The highest BCUT2D eigenvalue weighted by Crippen LogP contribution is 2.13. The van der Waals surface area contributed by atoms with Gasteiger partial charge in [-0.05, 0) is 11.8 Å². The molecule has 1 radical (unpaired) electrons. The Morgan fingerprint density at radius 3 is 1.40 bits per heavy atom. The molecule has 0 bridgehead atoms. The quantitative estimate of drug-likeness (QED) is 0.537. The molecule has 0 aliphatic heterocycles. The van der Waals surface area contributed by atoms with Gasteiger partial charge in [0.15, 0.2) is 0 Å². The Kier molecular flexibility index (Phi) is 8.44. The summed E-state index contributed by atoms with van der Waals surface area (Å²) in [6.07, 6.45) is 6.69. The summed E-state index contributed by atoms with van der Waals surface area (Å²) in [7, 11) is 0. The SMILES string of the molecule is CCC(CC)CN([C]=O)CC(CC)CC. The van der Waals surface area contributed by atoms with Crippen molar-refractivity contribution in [1.29, 1.82) is 0 Å². The maximum Gasteiger partial charge on any atom is 0.312 e. The lowest BCUT2D eigenvalue weighted by Crippen LogP contribution is -2.32. The maximum atomic E-state index is 10.8. The predicted molar refractivity (Wildman–Crippen MR) is 65.4 cm³/mol. The molecule has 2 nitrogen and oxygen atoms in total. The van der Waals surface area contributed by atoms with Crippen LogP contribution in [0.15, 0.2) is 0 Å². The van der Waals surface area contributed by atoms with Crippen LogP contribution in [0.2, 0.25) is 0 Å². The fourth-order valence-electron chi connectivity index (χ4n) is 1.87. The molecule has 0 aliphatic carbocycles. The average molecular weight is 212 g/mol. The summed E-state index contributed by atoms with van der Waals surface area (Å²) in [5, 5.41) is 0. The first-order valence-corrected chi connectivity index (χ1v) is 6.34. The number of nitrogens with zero attached hydrogens (tertiary/aromatic N) is 1. The second kappa shape index (κ2) is 8.75. The van der Waals surface area contributed by atoms with E-state index in [1.165, 1.54) is 0 Å². The average Bonchev–Trinajstić information content (AvgIpc) is 2.30. The van der Waals surface area contributed by atoms with Crippen LogP contribution < -0.4 is 0 Å². The predicted octanol–water partition coefficient (Wildman–Crippen LogP) is 3.23. The second-order valence-corrected chi connectivity index (χ2v) is 4.36. The van der Waals surface area contributed by atoms with E-state index in [2.05, 4.69) is 34.1 Å². The molecule has 0 fully saturated rings. The molecule has 0 aromatic heterocycles. The first-order valence-electron chi connectivity index (χ1n) is 6.34. The van der Waals surface area contributed by atoms with E-state index in [1.54, 1.807) is 0 Å². The lowest BCUT2D eigenvalue weighted by atomic mass is 10.00. The minimum Gasteiger partial charge on any atom is -0.334 e. The van der Waals surface area contributed by atoms with Crippen molar-refractivity contribution in [3.8, 4) is 0 Å². The summed E-state index contributed by atoms with van der Waals surface area (Å²) < 4.78 is 0. The van der Waals surface area contributed by atoms with Crippen molar-refractivity contribution < 1.29 is 4.79 Å². The van der Waals surface area contributed by atoms with Gasteiger partial charge in [0.25, 0.3) is 0 Å². The second-order valence-electron chi connectivity index (χ2n) is 4.36. The normalized spacial score (nSPS) is 11.1. The van der Waals surface area contributed by atoms with E-state index in [9.17, 15) is 4.79 Å². The van der Waals surface area contributed by atoms with Crippen LogP contribution in [-0.2, 0) is 4.79 Å². The molecule has 1 amide bonds. The third-order valence-corrected chi connectivity index (χ3v) is 3.40. The molecular formula is C13H26NO. The highest BCUT2D eigenvalue weighted by atomic mass is 16.1. The molecule has 0 aromatic rings. The van der Waals surface area contributed by atoms with Crippen molar-refractivity contribution in [3.05, 3.63) is 0 Å². The van der Waals surface area contributed by atoms with Crippen molar-refractivity contribution in [3.63, 3.8) is 0 Å². The monoisotopic (exact) mass is 212 g/mol. The van der Waals surface area contributed by atoms with Crippen LogP contribution in [0.3, 0.4) is 0 Å². The Morgan fingerprint density at radius 1 is 0.867 bits per heavy atom. The van der Waals surface area contributed by atoms with Gasteiger partial charge in [-0.2, -0.15) is 0 Å². The summed E-state index contributed by atoms with van der Waals surface area (Å²) in [6.45, 7) is 10.5. The highest BCUT2D eigenvalue weighted by molar-refractivity contribution is 5.48. The van der Waals surface area contributed by atoms with Gasteiger partial charge in [-0.25, -0.2) is 0 Å². The first-order chi connectivity index (χ1) is 7.21. The van der Waals surface area contributed by atoms with E-state index < -0.39 is 0 Å². The zero-order chi connectivity index (χ0) is 11.7. The highest BCUT2D eigenvalue weighted by Gasteiger charge is 2.13. The summed E-state index contributed by atoms with van der Waals surface area (Å²) in [6, 6.07) is 0. The van der Waals surface area contributed by atoms with E-state index in [1.807, 2.05) is 4.90 Å². The van der Waals surface area contributed by atoms with E-state index in [0.29, 0.717) is 11.8 Å². The molecule has 0 unspecified atom stereocenters. The summed E-state index contributed by atoms with van der Waals surface area (Å²) in [4.78, 5) is 12.7. The molecule has 0 aromatic carbocycles. The maximum absolute atomic E-state index is 10.8. The standard InChI is InChI=1S/C13H26NO/c1-5-12(6-2)9-14(11-15)10-13(7-3)8-4/h12-13H,5-10H2,1-4H3. The molecule has 2 heteroatoms. The van der Waals surface area contributed by atoms with Gasteiger partial charge in [0.2, 0.25) is 0 Å². The van der Waals surface area contributed by atoms with Gasteiger partial charge in [-0.3, -0.25) is 4.79 Å². The lowest BCUT2D eigenvalue weighted by molar-refractivity contribution is 0.264. The summed E-state index contributed by atoms with van der Waals surface area (Å²) in [5.74, 6) is 1.28. The van der Waals surface area contributed by atoms with Crippen LogP contribution in [0.1, 0.15) is 53.4 Å². The Hall–Kier alpha value is -0.530. The van der Waals surface area contributed by atoms with Gasteiger partial charge < -0.3 is 4.90 Å².